The Morgan fingerprint density at radius 1 is 1.50 bits per heavy atom. The van der Waals surface area contributed by atoms with Crippen LogP contribution >= 0.6 is 0 Å². The summed E-state index contributed by atoms with van der Waals surface area (Å²) < 4.78 is 6.78. The van der Waals surface area contributed by atoms with Gasteiger partial charge in [-0.1, -0.05) is 0 Å². The van der Waals surface area contributed by atoms with Crippen LogP contribution in [0.3, 0.4) is 0 Å². The molecule has 0 aliphatic rings. The molecule has 0 radical (unpaired) electrons. The van der Waals surface area contributed by atoms with Crippen molar-refractivity contribution in [1.82, 2.24) is 4.98 Å². The van der Waals surface area contributed by atoms with Crippen LogP contribution in [-0.2, 0) is 4.74 Å². The predicted octanol–water partition coefficient (Wildman–Crippen LogP) is 1.47. The van der Waals surface area contributed by atoms with Crippen molar-refractivity contribution in [1.29, 1.82) is 0 Å². The molecule has 0 bridgehead atoms. The van der Waals surface area contributed by atoms with Crippen LogP contribution < -0.4 is 0 Å². The summed E-state index contributed by atoms with van der Waals surface area (Å²) in [5.41, 5.74) is 0.943. The summed E-state index contributed by atoms with van der Waals surface area (Å²) in [6.07, 6.45) is 0. The molecule has 0 spiro atoms. The standard InChI is InChI=1S/C10H9NO2Te/c1-2-13-10(12)9-11-7-5-3-4-6-8(7)14-9/h3-6H,2H2,1H3. The Kier molecular flexibility index (Phi) is 2.85. The van der Waals surface area contributed by atoms with Crippen molar-refractivity contribution in [3.63, 3.8) is 0 Å². The Bertz CT molecular complexity index is 431. The van der Waals surface area contributed by atoms with E-state index >= 15 is 0 Å². The minimum absolute atomic E-state index is 0.244. The molecule has 0 amide bonds. The van der Waals surface area contributed by atoms with Crippen molar-refractivity contribution in [3.8, 4) is 0 Å². The van der Waals surface area contributed by atoms with E-state index in [4.69, 9.17) is 4.74 Å². The Balaban J connectivity index is 2.40. The molecule has 1 aromatic heterocycles. The van der Waals surface area contributed by atoms with Gasteiger partial charge >= 0.3 is 91.3 Å². The quantitative estimate of drug-likeness (QED) is 0.623. The van der Waals surface area contributed by atoms with Crippen LogP contribution in [0.5, 0.6) is 0 Å². The fraction of sp³-hybridized carbons (Fsp3) is 0.200. The molecule has 1 heterocycles. The van der Waals surface area contributed by atoms with Gasteiger partial charge in [0.05, 0.1) is 0 Å². The SMILES string of the molecule is CCOC(=O)c1nc2ccccc2[te]1. The molecule has 0 fully saturated rings. The predicted molar refractivity (Wildman–Crippen MR) is 54.6 cm³/mol. The first-order chi connectivity index (χ1) is 6.81. The van der Waals surface area contributed by atoms with Crippen molar-refractivity contribution >= 4 is 35.3 Å². The molecule has 14 heavy (non-hydrogen) atoms. The zero-order valence-corrected chi connectivity index (χ0v) is 10.0. The second kappa shape index (κ2) is 4.12. The van der Waals surface area contributed by atoms with Crippen LogP contribution in [-0.4, -0.2) is 38.0 Å². The van der Waals surface area contributed by atoms with Crippen molar-refractivity contribution in [2.45, 2.75) is 6.92 Å². The normalized spacial score (nSPS) is 10.4. The summed E-state index contributed by atoms with van der Waals surface area (Å²) in [5, 5.41) is 0. The van der Waals surface area contributed by atoms with E-state index in [-0.39, 0.29) is 5.97 Å². The molecule has 0 saturated heterocycles. The maximum atomic E-state index is 11.4. The van der Waals surface area contributed by atoms with Gasteiger partial charge in [0.25, 0.3) is 0 Å². The van der Waals surface area contributed by atoms with Crippen LogP contribution in [0.15, 0.2) is 24.3 Å². The van der Waals surface area contributed by atoms with Gasteiger partial charge in [0.1, 0.15) is 0 Å². The van der Waals surface area contributed by atoms with E-state index in [1.807, 2.05) is 24.3 Å². The average molecular weight is 303 g/mol. The van der Waals surface area contributed by atoms with Crippen LogP contribution in [0.1, 0.15) is 15.4 Å². The summed E-state index contributed by atoms with van der Waals surface area (Å²) in [6.45, 7) is 2.22. The first kappa shape index (κ1) is 9.70. The average Bonchev–Trinajstić information content (AvgIpc) is 2.61. The van der Waals surface area contributed by atoms with Gasteiger partial charge in [0.2, 0.25) is 0 Å². The third kappa shape index (κ3) is 1.82. The Morgan fingerprint density at radius 2 is 2.29 bits per heavy atom. The number of carbonyl (C=O) groups is 1. The number of carbonyl (C=O) groups excluding carboxylic acids is 1. The van der Waals surface area contributed by atoms with Crippen molar-refractivity contribution < 1.29 is 9.53 Å². The van der Waals surface area contributed by atoms with E-state index in [0.29, 0.717) is 10.3 Å². The van der Waals surface area contributed by atoms with Crippen molar-refractivity contribution in [2.75, 3.05) is 6.61 Å². The Morgan fingerprint density at radius 3 is 3.00 bits per heavy atom. The molecular weight excluding hydrogens is 294 g/mol. The number of esters is 1. The van der Waals surface area contributed by atoms with Gasteiger partial charge in [0, 0.05) is 0 Å². The number of nitrogens with zero attached hydrogens (tertiary/aromatic N) is 1. The van der Waals surface area contributed by atoms with E-state index in [0.717, 1.165) is 5.52 Å². The van der Waals surface area contributed by atoms with Gasteiger partial charge in [-0.15, -0.1) is 0 Å². The molecule has 0 N–H and O–H groups in total. The third-order valence-corrected chi connectivity index (χ3v) is 4.64. The van der Waals surface area contributed by atoms with Crippen LogP contribution in [0, 0.1) is 0 Å². The molecule has 0 unspecified atom stereocenters. The van der Waals surface area contributed by atoms with Gasteiger partial charge in [-0.25, -0.2) is 0 Å². The van der Waals surface area contributed by atoms with E-state index < -0.39 is 20.4 Å². The van der Waals surface area contributed by atoms with Crippen LogP contribution in [0.2, 0.25) is 0 Å². The Hall–Kier alpha value is -0.850. The first-order valence-corrected chi connectivity index (χ1v) is 6.67. The van der Waals surface area contributed by atoms with Crippen LogP contribution in [0.25, 0.3) is 8.92 Å². The van der Waals surface area contributed by atoms with Crippen molar-refractivity contribution in [2.24, 2.45) is 0 Å². The molecule has 2 rings (SSSR count). The molecule has 72 valence electrons. The second-order valence-corrected chi connectivity index (χ2v) is 5.65. The summed E-state index contributed by atoms with van der Waals surface area (Å²) in [4.78, 5) is 15.7. The number of benzene rings is 1. The number of para-hydroxylation sites is 1. The zero-order chi connectivity index (χ0) is 9.97. The van der Waals surface area contributed by atoms with Gasteiger partial charge in [-0.05, 0) is 0 Å². The molecule has 2 aromatic rings. The molecule has 4 heteroatoms. The molecular formula is C10H9NO2Te. The fourth-order valence-electron chi connectivity index (χ4n) is 1.15. The number of rotatable bonds is 2. The zero-order valence-electron chi connectivity index (χ0n) is 7.69. The number of fused-ring (bicyclic) bond motifs is 1. The first-order valence-electron chi connectivity index (χ1n) is 4.34. The van der Waals surface area contributed by atoms with E-state index in [1.165, 1.54) is 3.40 Å². The number of hydrogen-bond acceptors (Lipinski definition) is 3. The van der Waals surface area contributed by atoms with Gasteiger partial charge in [-0.2, -0.15) is 0 Å². The minimum atomic E-state index is -0.605. The van der Waals surface area contributed by atoms with E-state index in [2.05, 4.69) is 4.98 Å². The molecule has 0 aliphatic carbocycles. The van der Waals surface area contributed by atoms with Crippen LogP contribution in [0.4, 0.5) is 0 Å². The molecule has 0 saturated carbocycles. The topological polar surface area (TPSA) is 39.2 Å². The van der Waals surface area contributed by atoms with Gasteiger partial charge in [0.15, 0.2) is 0 Å². The summed E-state index contributed by atoms with van der Waals surface area (Å²) in [6, 6.07) is 7.89. The monoisotopic (exact) mass is 305 g/mol. The molecule has 0 atom stereocenters. The van der Waals surface area contributed by atoms with E-state index in [1.54, 1.807) is 6.92 Å². The third-order valence-electron chi connectivity index (χ3n) is 1.74. The summed E-state index contributed by atoms with van der Waals surface area (Å²) >= 11 is -0.605. The van der Waals surface area contributed by atoms with Gasteiger partial charge < -0.3 is 0 Å². The van der Waals surface area contributed by atoms with E-state index in [9.17, 15) is 4.79 Å². The number of aromatic nitrogens is 1. The number of hydrogen-bond donors (Lipinski definition) is 0. The summed E-state index contributed by atoms with van der Waals surface area (Å²) in [7, 11) is 0. The molecule has 1 aromatic carbocycles. The Labute approximate surface area is 91.3 Å². The van der Waals surface area contributed by atoms with Gasteiger partial charge in [-0.3, -0.25) is 0 Å². The number of ether oxygens (including phenoxy) is 1. The second-order valence-electron chi connectivity index (χ2n) is 2.71. The van der Waals surface area contributed by atoms with Crippen molar-refractivity contribution in [3.05, 3.63) is 28.0 Å². The fourth-order valence-corrected chi connectivity index (χ4v) is 3.61. The summed E-state index contributed by atoms with van der Waals surface area (Å²) in [5.74, 6) is -0.244. The molecule has 0 aliphatic heterocycles. The molecule has 3 nitrogen and oxygen atoms in total. The maximum absolute atomic E-state index is 11.4.